The molecule has 1 fully saturated rings. The summed E-state index contributed by atoms with van der Waals surface area (Å²) >= 11 is 0. The van der Waals surface area contributed by atoms with E-state index in [2.05, 4.69) is 22.8 Å². The van der Waals surface area contributed by atoms with Crippen LogP contribution in [0, 0.1) is 0 Å². The number of benzene rings is 2. The van der Waals surface area contributed by atoms with Crippen molar-refractivity contribution in [1.29, 1.82) is 0 Å². The Bertz CT molecular complexity index is 959. The van der Waals surface area contributed by atoms with Crippen LogP contribution in [0.25, 0.3) is 0 Å². The van der Waals surface area contributed by atoms with Crippen LogP contribution in [0.15, 0.2) is 54.6 Å². The van der Waals surface area contributed by atoms with E-state index in [-0.39, 0.29) is 30.3 Å². The normalized spacial score (nSPS) is 22.1. The molecule has 1 spiro atoms. The summed E-state index contributed by atoms with van der Waals surface area (Å²) in [5.74, 6) is -0.319. The van der Waals surface area contributed by atoms with E-state index in [4.69, 9.17) is 0 Å². The Labute approximate surface area is 176 Å². The molecule has 0 saturated carbocycles. The van der Waals surface area contributed by atoms with Crippen molar-refractivity contribution in [3.63, 3.8) is 0 Å². The highest BCUT2D eigenvalue weighted by Crippen LogP contribution is 2.49. The molecule has 1 saturated heterocycles. The Balaban J connectivity index is 1.64. The third kappa shape index (κ3) is 3.47. The smallest absolute Gasteiger partial charge is 0.242 e. The average molecular weight is 405 g/mol. The topological polar surface area (TPSA) is 78.5 Å². The lowest BCUT2D eigenvalue weighted by molar-refractivity contribution is -0.134. The maximum Gasteiger partial charge on any atom is 0.242 e. The first kappa shape index (κ1) is 20.1. The third-order valence-electron chi connectivity index (χ3n) is 6.38. The number of carbonyl (C=O) groups is 3. The zero-order valence-corrected chi connectivity index (χ0v) is 17.2. The average Bonchev–Trinajstić information content (AvgIpc) is 3.30. The van der Waals surface area contributed by atoms with Gasteiger partial charge in [-0.1, -0.05) is 55.5 Å². The summed E-state index contributed by atoms with van der Waals surface area (Å²) in [5.41, 5.74) is 2.25. The molecular weight excluding hydrogens is 378 g/mol. The Kier molecular flexibility index (Phi) is 5.57. The van der Waals surface area contributed by atoms with Crippen molar-refractivity contribution in [3.05, 3.63) is 65.7 Å². The summed E-state index contributed by atoms with van der Waals surface area (Å²) in [6, 6.07) is 17.6. The molecule has 2 aromatic rings. The van der Waals surface area contributed by atoms with Crippen LogP contribution in [0.3, 0.4) is 0 Å². The molecule has 2 aliphatic heterocycles. The van der Waals surface area contributed by atoms with Crippen LogP contribution in [0.4, 0.5) is 5.69 Å². The number of carbonyl (C=O) groups excluding carboxylic acids is 3. The molecular formula is C24H27N3O3. The fraction of sp³-hybridized carbons (Fsp3) is 0.375. The Hall–Kier alpha value is -3.15. The van der Waals surface area contributed by atoms with Gasteiger partial charge in [0, 0.05) is 18.7 Å². The van der Waals surface area contributed by atoms with Gasteiger partial charge in [-0.05, 0) is 36.5 Å². The summed E-state index contributed by atoms with van der Waals surface area (Å²) in [4.78, 5) is 39.7. The molecule has 0 unspecified atom stereocenters. The number of hydrogen-bond donors (Lipinski definition) is 2. The summed E-state index contributed by atoms with van der Waals surface area (Å²) in [6.45, 7) is 2.23. The maximum atomic E-state index is 13.2. The first-order valence-corrected chi connectivity index (χ1v) is 10.6. The van der Waals surface area contributed by atoms with Crippen molar-refractivity contribution >= 4 is 23.4 Å². The number of likely N-dealkylation sites (tertiary alicyclic amines) is 1. The molecule has 2 atom stereocenters. The van der Waals surface area contributed by atoms with Crippen molar-refractivity contribution in [1.82, 2.24) is 10.2 Å². The minimum atomic E-state index is -0.740. The second-order valence-electron chi connectivity index (χ2n) is 7.98. The Morgan fingerprint density at radius 1 is 1.13 bits per heavy atom. The lowest BCUT2D eigenvalue weighted by Gasteiger charge is -2.34. The highest BCUT2D eigenvalue weighted by atomic mass is 16.2. The van der Waals surface area contributed by atoms with Crippen molar-refractivity contribution < 1.29 is 14.4 Å². The van der Waals surface area contributed by atoms with Gasteiger partial charge in [0.2, 0.25) is 17.7 Å². The van der Waals surface area contributed by atoms with Crippen molar-refractivity contribution in [3.8, 4) is 0 Å². The molecule has 2 aliphatic rings. The van der Waals surface area contributed by atoms with Crippen molar-refractivity contribution in [2.24, 2.45) is 0 Å². The molecule has 156 valence electrons. The minimum absolute atomic E-state index is 0.0327. The number of anilines is 1. The zero-order valence-electron chi connectivity index (χ0n) is 17.2. The number of amides is 3. The van der Waals surface area contributed by atoms with Gasteiger partial charge in [-0.3, -0.25) is 14.4 Å². The molecule has 2 N–H and O–H groups in total. The highest BCUT2D eigenvalue weighted by Gasteiger charge is 2.58. The van der Waals surface area contributed by atoms with Crippen molar-refractivity contribution in [2.75, 3.05) is 18.4 Å². The molecule has 0 radical (unpaired) electrons. The standard InChI is InChI=1S/C24H27N3O3/c1-2-21(28)25-16-22(29)27-15-14-24(18-10-6-7-11-19(18)26-23(24)30)20(27)13-12-17-8-4-3-5-9-17/h3-11,20H,2,12-16H2,1H3,(H,25,28)(H,26,30)/t20-,24+/m0/s1. The molecule has 6 heteroatoms. The molecule has 30 heavy (non-hydrogen) atoms. The van der Waals surface area contributed by atoms with E-state index in [1.54, 1.807) is 11.8 Å². The van der Waals surface area contributed by atoms with E-state index in [9.17, 15) is 14.4 Å². The van der Waals surface area contributed by atoms with Gasteiger partial charge in [0.05, 0.1) is 18.0 Å². The molecule has 0 bridgehead atoms. The van der Waals surface area contributed by atoms with Crippen LogP contribution < -0.4 is 10.6 Å². The van der Waals surface area contributed by atoms with Gasteiger partial charge in [0.15, 0.2) is 0 Å². The second-order valence-corrected chi connectivity index (χ2v) is 7.98. The van der Waals surface area contributed by atoms with Gasteiger partial charge in [0.25, 0.3) is 0 Å². The molecule has 4 rings (SSSR count). The predicted molar refractivity (Wildman–Crippen MR) is 115 cm³/mol. The number of nitrogens with one attached hydrogen (secondary N) is 2. The van der Waals surface area contributed by atoms with Crippen LogP contribution in [0.2, 0.25) is 0 Å². The quantitative estimate of drug-likeness (QED) is 0.776. The predicted octanol–water partition coefficient (Wildman–Crippen LogP) is 2.64. The summed E-state index contributed by atoms with van der Waals surface area (Å²) in [7, 11) is 0. The number of rotatable bonds is 6. The van der Waals surface area contributed by atoms with Gasteiger partial charge in [-0.25, -0.2) is 0 Å². The second kappa shape index (κ2) is 8.30. The van der Waals surface area contributed by atoms with E-state index in [0.717, 1.165) is 17.7 Å². The van der Waals surface area contributed by atoms with E-state index in [1.165, 1.54) is 5.56 Å². The largest absolute Gasteiger partial charge is 0.347 e. The van der Waals surface area contributed by atoms with Crippen LogP contribution in [0.5, 0.6) is 0 Å². The molecule has 6 nitrogen and oxygen atoms in total. The summed E-state index contributed by atoms with van der Waals surface area (Å²) in [6.07, 6.45) is 2.38. The summed E-state index contributed by atoms with van der Waals surface area (Å²) in [5, 5.41) is 5.71. The van der Waals surface area contributed by atoms with Crippen LogP contribution in [0.1, 0.15) is 37.3 Å². The van der Waals surface area contributed by atoms with Gasteiger partial charge in [-0.2, -0.15) is 0 Å². The first-order chi connectivity index (χ1) is 14.6. The molecule has 2 heterocycles. The van der Waals surface area contributed by atoms with E-state index in [0.29, 0.717) is 25.8 Å². The molecule has 0 aliphatic carbocycles. The number of nitrogens with zero attached hydrogens (tertiary/aromatic N) is 1. The van der Waals surface area contributed by atoms with Crippen molar-refractivity contribution in [2.45, 2.75) is 44.1 Å². The maximum absolute atomic E-state index is 13.2. The SMILES string of the molecule is CCC(=O)NCC(=O)N1CC[C@]2(C(=O)Nc3ccccc32)[C@@H]1CCc1ccccc1. The van der Waals surface area contributed by atoms with Gasteiger partial charge in [0.1, 0.15) is 0 Å². The Morgan fingerprint density at radius 2 is 1.87 bits per heavy atom. The minimum Gasteiger partial charge on any atom is -0.347 e. The lowest BCUT2D eigenvalue weighted by Crippen LogP contribution is -2.51. The third-order valence-corrected chi connectivity index (χ3v) is 6.38. The molecule has 0 aromatic heterocycles. The highest BCUT2D eigenvalue weighted by molar-refractivity contribution is 6.07. The fourth-order valence-electron chi connectivity index (χ4n) is 4.85. The van der Waals surface area contributed by atoms with Gasteiger partial charge < -0.3 is 15.5 Å². The van der Waals surface area contributed by atoms with Gasteiger partial charge >= 0.3 is 0 Å². The lowest BCUT2D eigenvalue weighted by atomic mass is 9.73. The van der Waals surface area contributed by atoms with Gasteiger partial charge in [-0.15, -0.1) is 0 Å². The van der Waals surface area contributed by atoms with Crippen LogP contribution >= 0.6 is 0 Å². The fourth-order valence-corrected chi connectivity index (χ4v) is 4.85. The van der Waals surface area contributed by atoms with Crippen LogP contribution in [-0.2, 0) is 26.2 Å². The van der Waals surface area contributed by atoms with E-state index >= 15 is 0 Å². The number of aryl methyl sites for hydroxylation is 1. The first-order valence-electron chi connectivity index (χ1n) is 10.6. The van der Waals surface area contributed by atoms with Crippen LogP contribution in [-0.4, -0.2) is 41.8 Å². The van der Waals surface area contributed by atoms with E-state index < -0.39 is 5.41 Å². The Morgan fingerprint density at radius 3 is 2.63 bits per heavy atom. The number of para-hydroxylation sites is 1. The molecule has 3 amide bonds. The number of fused-ring (bicyclic) bond motifs is 2. The zero-order chi connectivity index (χ0) is 21.1. The summed E-state index contributed by atoms with van der Waals surface area (Å²) < 4.78 is 0. The van der Waals surface area contributed by atoms with E-state index in [1.807, 2.05) is 42.5 Å². The molecule has 2 aromatic carbocycles. The monoisotopic (exact) mass is 405 g/mol. The number of hydrogen-bond acceptors (Lipinski definition) is 3.